The van der Waals surface area contributed by atoms with Gasteiger partial charge >= 0.3 is 0 Å². The van der Waals surface area contributed by atoms with Gasteiger partial charge in [0.05, 0.1) is 11.0 Å². The van der Waals surface area contributed by atoms with Gasteiger partial charge in [-0.2, -0.15) is 0 Å². The molecule has 2 nitrogen and oxygen atoms in total. The number of benzene rings is 4. The fourth-order valence-corrected chi connectivity index (χ4v) is 3.25. The predicted octanol–water partition coefficient (Wildman–Crippen LogP) is 5.54. The van der Waals surface area contributed by atoms with Crippen LogP contribution in [0.25, 0.3) is 44.0 Å². The molecular formula is C21H14N2. The van der Waals surface area contributed by atoms with Crippen molar-refractivity contribution in [3.05, 3.63) is 78.9 Å². The maximum absolute atomic E-state index is 4.70. The summed E-state index contributed by atoms with van der Waals surface area (Å²) >= 11 is 0. The predicted molar refractivity (Wildman–Crippen MR) is 96.5 cm³/mol. The van der Waals surface area contributed by atoms with Crippen molar-refractivity contribution in [2.75, 3.05) is 0 Å². The van der Waals surface area contributed by atoms with Crippen molar-refractivity contribution in [2.45, 2.75) is 0 Å². The van der Waals surface area contributed by atoms with Crippen molar-refractivity contribution in [1.82, 2.24) is 9.97 Å². The number of para-hydroxylation sites is 2. The van der Waals surface area contributed by atoms with E-state index in [0.29, 0.717) is 0 Å². The van der Waals surface area contributed by atoms with Crippen LogP contribution in [0.4, 0.5) is 0 Å². The van der Waals surface area contributed by atoms with Gasteiger partial charge in [0.2, 0.25) is 0 Å². The summed E-state index contributed by atoms with van der Waals surface area (Å²) in [6, 6.07) is 27.5. The Hall–Kier alpha value is -3.13. The van der Waals surface area contributed by atoms with Gasteiger partial charge in [-0.3, -0.25) is 0 Å². The molecule has 0 amide bonds. The van der Waals surface area contributed by atoms with E-state index in [1.165, 1.54) is 21.5 Å². The molecule has 0 aliphatic rings. The first-order valence-corrected chi connectivity index (χ1v) is 7.75. The Morgan fingerprint density at radius 1 is 0.652 bits per heavy atom. The van der Waals surface area contributed by atoms with Crippen LogP contribution in [0.15, 0.2) is 78.9 Å². The number of nitrogens with zero attached hydrogens (tertiary/aromatic N) is 1. The number of hydrogen-bond donors (Lipinski definition) is 1. The smallest absolute Gasteiger partial charge is 0.138 e. The van der Waals surface area contributed by atoms with Crippen LogP contribution in [0.1, 0.15) is 0 Å². The van der Waals surface area contributed by atoms with Crippen molar-refractivity contribution in [2.24, 2.45) is 0 Å². The summed E-state index contributed by atoms with van der Waals surface area (Å²) in [6.07, 6.45) is 0. The summed E-state index contributed by atoms with van der Waals surface area (Å²) in [4.78, 5) is 8.10. The normalized spacial score (nSPS) is 11.5. The molecule has 0 saturated heterocycles. The Bertz CT molecular complexity index is 1140. The molecule has 0 unspecified atom stereocenters. The summed E-state index contributed by atoms with van der Waals surface area (Å²) in [6.45, 7) is 0. The lowest BCUT2D eigenvalue weighted by Gasteiger charge is -2.05. The van der Waals surface area contributed by atoms with Gasteiger partial charge in [0.25, 0.3) is 0 Å². The Morgan fingerprint density at radius 3 is 2.39 bits per heavy atom. The topological polar surface area (TPSA) is 28.7 Å². The average molecular weight is 294 g/mol. The minimum absolute atomic E-state index is 0.918. The highest BCUT2D eigenvalue weighted by atomic mass is 14.9. The maximum atomic E-state index is 4.70. The first kappa shape index (κ1) is 12.4. The number of hydrogen-bond acceptors (Lipinski definition) is 1. The van der Waals surface area contributed by atoms with Crippen LogP contribution in [0.2, 0.25) is 0 Å². The number of fused-ring (bicyclic) bond motifs is 4. The number of aromatic amines is 1. The zero-order valence-corrected chi connectivity index (χ0v) is 12.5. The van der Waals surface area contributed by atoms with E-state index in [9.17, 15) is 0 Å². The largest absolute Gasteiger partial charge is 0.338 e. The highest BCUT2D eigenvalue weighted by molar-refractivity contribution is 6.08. The lowest BCUT2D eigenvalue weighted by Crippen LogP contribution is -1.82. The molecule has 2 heteroatoms. The summed E-state index contributed by atoms with van der Waals surface area (Å²) < 4.78 is 0. The Labute approximate surface area is 133 Å². The third kappa shape index (κ3) is 1.92. The van der Waals surface area contributed by atoms with Gasteiger partial charge in [-0.25, -0.2) is 4.98 Å². The van der Waals surface area contributed by atoms with Crippen LogP contribution in [0.3, 0.4) is 0 Å². The summed E-state index contributed by atoms with van der Waals surface area (Å²) in [7, 11) is 0. The number of imidazole rings is 1. The zero-order valence-electron chi connectivity index (χ0n) is 12.5. The summed E-state index contributed by atoms with van der Waals surface area (Å²) in [5.41, 5.74) is 3.19. The third-order valence-electron chi connectivity index (χ3n) is 4.41. The molecule has 0 saturated carbocycles. The van der Waals surface area contributed by atoms with Gasteiger partial charge in [0.1, 0.15) is 5.82 Å². The minimum Gasteiger partial charge on any atom is -0.338 e. The van der Waals surface area contributed by atoms with E-state index < -0.39 is 0 Å². The molecule has 5 aromatic rings. The third-order valence-corrected chi connectivity index (χ3v) is 4.41. The van der Waals surface area contributed by atoms with Crippen molar-refractivity contribution in [1.29, 1.82) is 0 Å². The van der Waals surface area contributed by atoms with Crippen molar-refractivity contribution in [3.63, 3.8) is 0 Å². The van der Waals surface area contributed by atoms with Gasteiger partial charge in [0.15, 0.2) is 0 Å². The van der Waals surface area contributed by atoms with Crippen molar-refractivity contribution in [3.8, 4) is 11.4 Å². The molecule has 108 valence electrons. The molecule has 1 aromatic heterocycles. The molecule has 0 spiro atoms. The Balaban J connectivity index is 1.75. The van der Waals surface area contributed by atoms with E-state index >= 15 is 0 Å². The summed E-state index contributed by atoms with van der Waals surface area (Å²) in [5.74, 6) is 0.918. The SMILES string of the molecule is c1ccc2c(c1)ccc1cc(-c3nc4ccccc4[nH]3)ccc12. The van der Waals surface area contributed by atoms with E-state index in [2.05, 4.69) is 65.6 Å². The van der Waals surface area contributed by atoms with E-state index in [4.69, 9.17) is 4.98 Å². The average Bonchev–Trinajstić information content (AvgIpc) is 3.05. The monoisotopic (exact) mass is 294 g/mol. The van der Waals surface area contributed by atoms with Crippen LogP contribution >= 0.6 is 0 Å². The molecule has 23 heavy (non-hydrogen) atoms. The molecule has 0 fully saturated rings. The minimum atomic E-state index is 0.918. The second-order valence-corrected chi connectivity index (χ2v) is 5.83. The maximum Gasteiger partial charge on any atom is 0.138 e. The number of H-pyrrole nitrogens is 1. The molecule has 0 bridgehead atoms. The first-order chi connectivity index (χ1) is 11.4. The lowest BCUT2D eigenvalue weighted by atomic mass is 10.00. The molecule has 5 rings (SSSR count). The van der Waals surface area contributed by atoms with Gasteiger partial charge in [-0.1, -0.05) is 60.7 Å². The van der Waals surface area contributed by atoms with Gasteiger partial charge < -0.3 is 4.98 Å². The first-order valence-electron chi connectivity index (χ1n) is 7.75. The number of nitrogens with one attached hydrogen (secondary N) is 1. The Morgan fingerprint density at radius 2 is 1.43 bits per heavy atom. The molecule has 1 N–H and O–H groups in total. The van der Waals surface area contributed by atoms with Crippen LogP contribution in [0.5, 0.6) is 0 Å². The fraction of sp³-hybridized carbons (Fsp3) is 0. The summed E-state index contributed by atoms with van der Waals surface area (Å²) in [5, 5.41) is 5.09. The standard InChI is InChI=1S/C21H14N2/c1-2-6-17-14(5-1)9-10-15-13-16(11-12-18(15)17)21-22-19-7-3-4-8-20(19)23-21/h1-13H,(H,22,23). The number of aromatic nitrogens is 2. The Kier molecular flexibility index (Phi) is 2.53. The molecular weight excluding hydrogens is 280 g/mol. The van der Waals surface area contributed by atoms with E-state index in [1.54, 1.807) is 0 Å². The van der Waals surface area contributed by atoms with E-state index in [1.807, 2.05) is 18.2 Å². The van der Waals surface area contributed by atoms with Crippen LogP contribution < -0.4 is 0 Å². The van der Waals surface area contributed by atoms with Gasteiger partial charge in [-0.15, -0.1) is 0 Å². The highest BCUT2D eigenvalue weighted by Gasteiger charge is 2.07. The second kappa shape index (κ2) is 4.68. The van der Waals surface area contributed by atoms with E-state index in [0.717, 1.165) is 22.4 Å². The fourth-order valence-electron chi connectivity index (χ4n) is 3.25. The van der Waals surface area contributed by atoms with Crippen LogP contribution in [-0.2, 0) is 0 Å². The second-order valence-electron chi connectivity index (χ2n) is 5.83. The molecule has 0 aliphatic carbocycles. The molecule has 0 aliphatic heterocycles. The molecule has 1 heterocycles. The van der Waals surface area contributed by atoms with Gasteiger partial charge in [0, 0.05) is 5.56 Å². The quantitative estimate of drug-likeness (QED) is 0.404. The number of rotatable bonds is 1. The zero-order chi connectivity index (χ0) is 15.2. The highest BCUT2D eigenvalue weighted by Crippen LogP contribution is 2.29. The molecule has 0 radical (unpaired) electrons. The van der Waals surface area contributed by atoms with Crippen LogP contribution in [0, 0.1) is 0 Å². The van der Waals surface area contributed by atoms with E-state index in [-0.39, 0.29) is 0 Å². The molecule has 0 atom stereocenters. The van der Waals surface area contributed by atoms with Crippen molar-refractivity contribution >= 4 is 32.6 Å². The lowest BCUT2D eigenvalue weighted by molar-refractivity contribution is 1.34. The molecule has 4 aromatic carbocycles. The van der Waals surface area contributed by atoms with Crippen molar-refractivity contribution < 1.29 is 0 Å². The van der Waals surface area contributed by atoms with Crippen LogP contribution in [-0.4, -0.2) is 9.97 Å². The van der Waals surface area contributed by atoms with Gasteiger partial charge in [-0.05, 0) is 39.7 Å².